The van der Waals surface area contributed by atoms with Crippen LogP contribution in [0, 0.1) is 17.0 Å². The van der Waals surface area contributed by atoms with Gasteiger partial charge in [-0.25, -0.2) is 13.6 Å². The molecule has 0 aliphatic carbocycles. The second kappa shape index (κ2) is 9.32. The molecule has 0 amide bonds. The molecule has 3 aliphatic rings. The second-order valence-corrected chi connectivity index (χ2v) is 12.1. The highest BCUT2D eigenvalue weighted by atomic mass is 35.5. The quantitative estimate of drug-likeness (QED) is 0.324. The highest BCUT2D eigenvalue weighted by Crippen LogP contribution is 2.51. The molecule has 3 aromatic rings. The van der Waals surface area contributed by atoms with Gasteiger partial charge in [-0.3, -0.25) is 4.57 Å². The summed E-state index contributed by atoms with van der Waals surface area (Å²) in [4.78, 5) is 19.8. The molecule has 1 aromatic heterocycles. The Kier molecular flexibility index (Phi) is 6.40. The van der Waals surface area contributed by atoms with Crippen LogP contribution in [0.1, 0.15) is 19.4 Å². The van der Waals surface area contributed by atoms with Crippen molar-refractivity contribution in [3.8, 4) is 11.1 Å². The summed E-state index contributed by atoms with van der Waals surface area (Å²) < 4.78 is 80.3. The summed E-state index contributed by atoms with van der Waals surface area (Å²) >= 11 is 7.05. The molecule has 0 saturated carbocycles. The van der Waals surface area contributed by atoms with E-state index in [1.54, 1.807) is 0 Å². The molecular formula is C26H24ClF5N4O2S. The molecule has 1 N–H and O–H groups in total. The average Bonchev–Trinajstić information content (AvgIpc) is 3.03. The molecule has 39 heavy (non-hydrogen) atoms. The second-order valence-electron chi connectivity index (χ2n) is 10.7. The number of nitrogens with one attached hydrogen (secondary N) is 1. The monoisotopic (exact) mass is 586 g/mol. The lowest BCUT2D eigenvalue weighted by atomic mass is 9.88. The van der Waals surface area contributed by atoms with E-state index in [1.165, 1.54) is 4.57 Å². The summed E-state index contributed by atoms with van der Waals surface area (Å²) in [5.74, 6) is -1.77. The van der Waals surface area contributed by atoms with Crippen LogP contribution in [0.15, 0.2) is 27.9 Å². The van der Waals surface area contributed by atoms with Gasteiger partial charge in [0.15, 0.2) is 0 Å². The van der Waals surface area contributed by atoms with Crippen LogP contribution in [-0.2, 0) is 17.5 Å². The van der Waals surface area contributed by atoms with Gasteiger partial charge >= 0.3 is 11.9 Å². The Balaban J connectivity index is 1.74. The van der Waals surface area contributed by atoms with Crippen molar-refractivity contribution in [2.75, 3.05) is 37.0 Å². The molecule has 1 spiro atoms. The minimum absolute atomic E-state index is 0.0113. The van der Waals surface area contributed by atoms with E-state index >= 15 is 4.39 Å². The van der Waals surface area contributed by atoms with E-state index in [9.17, 15) is 22.4 Å². The molecule has 0 bridgehead atoms. The molecule has 2 fully saturated rings. The SMILES string of the molecule is C[C@@H]1CN(c2nc(=O)n3c4c(c(-c5cc(Cl)c(F)cc5F)c(C(F)(F)F)cc24)SCC2(COC2)C3)[C@@H](C)CN1. The highest BCUT2D eigenvalue weighted by molar-refractivity contribution is 7.99. The van der Waals surface area contributed by atoms with Crippen LogP contribution in [0.2, 0.25) is 5.02 Å². The first-order valence-corrected chi connectivity index (χ1v) is 13.8. The van der Waals surface area contributed by atoms with E-state index in [0.717, 1.165) is 23.9 Å². The minimum atomic E-state index is -4.90. The van der Waals surface area contributed by atoms with Crippen LogP contribution < -0.4 is 15.9 Å². The molecule has 6 rings (SSSR count). The van der Waals surface area contributed by atoms with Gasteiger partial charge < -0.3 is 15.0 Å². The van der Waals surface area contributed by atoms with Crippen LogP contribution in [0.25, 0.3) is 22.0 Å². The Morgan fingerprint density at radius 3 is 2.59 bits per heavy atom. The number of thioether (sulfide) groups is 1. The number of alkyl halides is 3. The summed E-state index contributed by atoms with van der Waals surface area (Å²) in [5.41, 5.74) is -2.91. The standard InChI is InChI=1S/C26H24ClF5N4O2S/c1-12-7-35(13(2)6-33-12)23-15-3-16(26(30,31)32)20(14-4-17(27)19(29)5-18(14)28)22-21(15)36(24(37)34-23)8-25(11-39-22)9-38-10-25/h3-5,12-13,33H,6-11H2,1-2H3/t12-,13+/m1/s1. The Morgan fingerprint density at radius 2 is 1.92 bits per heavy atom. The number of rotatable bonds is 2. The zero-order valence-corrected chi connectivity index (χ0v) is 22.5. The lowest BCUT2D eigenvalue weighted by Gasteiger charge is -2.41. The van der Waals surface area contributed by atoms with Crippen molar-refractivity contribution < 1.29 is 26.7 Å². The topological polar surface area (TPSA) is 59.4 Å². The van der Waals surface area contributed by atoms with E-state index in [2.05, 4.69) is 10.3 Å². The van der Waals surface area contributed by atoms with Gasteiger partial charge in [-0.2, -0.15) is 18.2 Å². The minimum Gasteiger partial charge on any atom is -0.380 e. The third kappa shape index (κ3) is 4.39. The van der Waals surface area contributed by atoms with Gasteiger partial charge in [0.05, 0.1) is 29.3 Å². The van der Waals surface area contributed by atoms with Gasteiger partial charge in [-0.05, 0) is 26.0 Å². The summed E-state index contributed by atoms with van der Waals surface area (Å²) in [6.07, 6.45) is -4.90. The summed E-state index contributed by atoms with van der Waals surface area (Å²) in [6.45, 7) is 5.68. The lowest BCUT2D eigenvalue weighted by molar-refractivity contribution is -0.137. The fraction of sp³-hybridized carbons (Fsp3) is 0.462. The van der Waals surface area contributed by atoms with E-state index < -0.39 is 50.6 Å². The molecule has 0 radical (unpaired) electrons. The van der Waals surface area contributed by atoms with Crippen molar-refractivity contribution in [2.45, 2.75) is 43.5 Å². The maximum absolute atomic E-state index is 15.2. The predicted molar refractivity (Wildman–Crippen MR) is 140 cm³/mol. The number of aromatic nitrogens is 2. The Morgan fingerprint density at radius 1 is 1.18 bits per heavy atom. The van der Waals surface area contributed by atoms with Crippen molar-refractivity contribution in [1.82, 2.24) is 14.9 Å². The summed E-state index contributed by atoms with van der Waals surface area (Å²) in [7, 11) is 0. The fourth-order valence-electron chi connectivity index (χ4n) is 5.59. The number of nitrogens with zero attached hydrogens (tertiary/aromatic N) is 3. The smallest absolute Gasteiger partial charge is 0.380 e. The van der Waals surface area contributed by atoms with Gasteiger partial charge in [0.1, 0.15) is 17.5 Å². The molecule has 6 nitrogen and oxygen atoms in total. The molecule has 208 valence electrons. The Bertz CT molecular complexity index is 1560. The van der Waals surface area contributed by atoms with Gasteiger partial charge in [0, 0.05) is 70.4 Å². The molecule has 4 heterocycles. The average molecular weight is 587 g/mol. The summed E-state index contributed by atoms with van der Waals surface area (Å²) in [5, 5.41) is 2.97. The van der Waals surface area contributed by atoms with Gasteiger partial charge in [-0.15, -0.1) is 11.8 Å². The number of hydrogen-bond acceptors (Lipinski definition) is 6. The highest BCUT2D eigenvalue weighted by Gasteiger charge is 2.45. The van der Waals surface area contributed by atoms with E-state index in [0.29, 0.717) is 38.1 Å². The van der Waals surface area contributed by atoms with Crippen LogP contribution >= 0.6 is 23.4 Å². The van der Waals surface area contributed by atoms with Crippen LogP contribution in [0.5, 0.6) is 0 Å². The van der Waals surface area contributed by atoms with Crippen LogP contribution in [0.3, 0.4) is 0 Å². The first kappa shape index (κ1) is 26.8. The predicted octanol–water partition coefficient (Wildman–Crippen LogP) is 5.32. The van der Waals surface area contributed by atoms with Crippen molar-refractivity contribution in [1.29, 1.82) is 0 Å². The maximum atomic E-state index is 15.2. The third-order valence-corrected chi connectivity index (χ3v) is 9.38. The molecular weight excluding hydrogens is 563 g/mol. The van der Waals surface area contributed by atoms with Crippen molar-refractivity contribution >= 4 is 40.1 Å². The number of piperazine rings is 1. The molecule has 2 aromatic carbocycles. The zero-order chi connectivity index (χ0) is 27.9. The number of anilines is 1. The van der Waals surface area contributed by atoms with Gasteiger partial charge in [0.2, 0.25) is 0 Å². The number of benzene rings is 2. The number of hydrogen-bond donors (Lipinski definition) is 1. The van der Waals surface area contributed by atoms with E-state index in [4.69, 9.17) is 16.3 Å². The largest absolute Gasteiger partial charge is 0.417 e. The summed E-state index contributed by atoms with van der Waals surface area (Å²) in [6, 6.07) is 2.15. The molecule has 3 aliphatic heterocycles. The maximum Gasteiger partial charge on any atom is 0.417 e. The van der Waals surface area contributed by atoms with E-state index in [-0.39, 0.29) is 40.2 Å². The fourth-order valence-corrected chi connectivity index (χ4v) is 7.19. The molecule has 0 unspecified atom stereocenters. The van der Waals surface area contributed by atoms with Crippen molar-refractivity contribution in [2.24, 2.45) is 5.41 Å². The lowest BCUT2D eigenvalue weighted by Crippen LogP contribution is -2.55. The van der Waals surface area contributed by atoms with Crippen molar-refractivity contribution in [3.05, 3.63) is 50.9 Å². The van der Waals surface area contributed by atoms with Gasteiger partial charge in [-0.1, -0.05) is 11.6 Å². The molecule has 2 atom stereocenters. The third-order valence-electron chi connectivity index (χ3n) is 7.65. The van der Waals surface area contributed by atoms with E-state index in [1.807, 2.05) is 18.7 Å². The van der Waals surface area contributed by atoms with Crippen molar-refractivity contribution in [3.63, 3.8) is 0 Å². The first-order valence-electron chi connectivity index (χ1n) is 12.4. The molecule has 13 heteroatoms. The first-order chi connectivity index (χ1) is 18.4. The van der Waals surface area contributed by atoms with Gasteiger partial charge in [0.25, 0.3) is 0 Å². The Hall–Kier alpha value is -2.41. The van der Waals surface area contributed by atoms with Crippen LogP contribution in [-0.4, -0.2) is 53.7 Å². The molecule has 2 saturated heterocycles. The number of ether oxygens (including phenoxy) is 1. The zero-order valence-electron chi connectivity index (χ0n) is 21.0. The normalized spacial score (nSPS) is 22.7. The number of halogens is 6. The van der Waals surface area contributed by atoms with Crippen LogP contribution in [0.4, 0.5) is 27.8 Å². The Labute approximate surface area is 229 Å².